The minimum Gasteiger partial charge on any atom is -0.448 e. The fraction of sp³-hybridized carbons (Fsp3) is 0.350. The van der Waals surface area contributed by atoms with Crippen molar-refractivity contribution >= 4 is 17.0 Å². The van der Waals surface area contributed by atoms with Crippen molar-refractivity contribution in [3.63, 3.8) is 0 Å². The lowest BCUT2D eigenvalue weighted by molar-refractivity contribution is 0.173. The van der Waals surface area contributed by atoms with Gasteiger partial charge in [-0.05, 0) is 31.5 Å². The van der Waals surface area contributed by atoms with Crippen LogP contribution in [-0.2, 0) is 6.54 Å². The fourth-order valence-electron chi connectivity index (χ4n) is 2.84. The highest BCUT2D eigenvalue weighted by Crippen LogP contribution is 2.25. The van der Waals surface area contributed by atoms with Crippen LogP contribution in [0, 0.1) is 11.6 Å². The third-order valence-corrected chi connectivity index (χ3v) is 4.40. The number of pyridine rings is 1. The molecule has 3 N–H and O–H groups in total. The van der Waals surface area contributed by atoms with Gasteiger partial charge >= 0.3 is 0 Å². The smallest absolute Gasteiger partial charge is 0.295 e. The van der Waals surface area contributed by atoms with Gasteiger partial charge < -0.3 is 20.3 Å². The van der Waals surface area contributed by atoms with Crippen molar-refractivity contribution < 1.29 is 23.7 Å². The van der Waals surface area contributed by atoms with Gasteiger partial charge in [0.15, 0.2) is 17.3 Å². The molecule has 2 atom stereocenters. The first-order valence-electron chi connectivity index (χ1n) is 9.41. The van der Waals surface area contributed by atoms with Gasteiger partial charge in [0.25, 0.3) is 5.56 Å². The number of nitrogens with zero attached hydrogens (tertiary/aromatic N) is 3. The second-order valence-corrected chi connectivity index (χ2v) is 6.85. The number of halogens is 2. The normalized spacial score (nSPS) is 13.3. The zero-order valence-corrected chi connectivity index (χ0v) is 16.5. The van der Waals surface area contributed by atoms with E-state index >= 15 is 0 Å². The average molecular weight is 420 g/mol. The Labute approximate surface area is 170 Å². The molecule has 0 saturated heterocycles. The summed E-state index contributed by atoms with van der Waals surface area (Å²) in [5, 5.41) is 22.6. The Morgan fingerprint density at radius 1 is 1.27 bits per heavy atom. The molecule has 2 heterocycles. The van der Waals surface area contributed by atoms with E-state index in [0.717, 1.165) is 12.1 Å². The molecule has 10 heteroatoms. The largest absolute Gasteiger partial charge is 0.448 e. The van der Waals surface area contributed by atoms with E-state index in [2.05, 4.69) is 15.3 Å². The molecule has 2 aromatic heterocycles. The number of rotatable bonds is 8. The molecule has 160 valence electrons. The lowest BCUT2D eigenvalue weighted by atomic mass is 10.2. The minimum atomic E-state index is -0.956. The highest BCUT2D eigenvalue weighted by molar-refractivity contribution is 5.77. The number of anilines is 1. The molecule has 0 amide bonds. The van der Waals surface area contributed by atoms with Crippen molar-refractivity contribution in [2.75, 3.05) is 11.9 Å². The summed E-state index contributed by atoms with van der Waals surface area (Å²) in [6, 6.07) is 3.84. The molecular formula is C20H22F2N4O4. The summed E-state index contributed by atoms with van der Waals surface area (Å²) in [6.07, 6.45) is 1.20. The average Bonchev–Trinajstić information content (AvgIpc) is 2.71. The summed E-state index contributed by atoms with van der Waals surface area (Å²) < 4.78 is 33.7. The van der Waals surface area contributed by atoms with Gasteiger partial charge in [0.1, 0.15) is 11.5 Å². The van der Waals surface area contributed by atoms with E-state index < -0.39 is 23.3 Å². The maximum atomic E-state index is 14.0. The molecule has 8 nitrogen and oxygen atoms in total. The number of hydrogen-bond donors (Lipinski definition) is 3. The zero-order valence-electron chi connectivity index (χ0n) is 16.5. The van der Waals surface area contributed by atoms with Gasteiger partial charge in [0, 0.05) is 17.6 Å². The van der Waals surface area contributed by atoms with Gasteiger partial charge in [-0.2, -0.15) is 4.98 Å². The Morgan fingerprint density at radius 3 is 2.67 bits per heavy atom. The molecule has 3 rings (SSSR count). The number of aliphatic hydroxyl groups excluding tert-OH is 2. The van der Waals surface area contributed by atoms with Crippen LogP contribution in [0.25, 0.3) is 11.0 Å². The second-order valence-electron chi connectivity index (χ2n) is 6.85. The monoisotopic (exact) mass is 420 g/mol. The van der Waals surface area contributed by atoms with Crippen LogP contribution in [0.15, 0.2) is 35.3 Å². The number of ether oxygens (including phenoxy) is 1. The lowest BCUT2D eigenvalue weighted by Gasteiger charge is -2.17. The Hall–Kier alpha value is -3.11. The van der Waals surface area contributed by atoms with E-state index in [9.17, 15) is 23.8 Å². The first kappa shape index (κ1) is 21.6. The molecule has 1 aromatic carbocycles. The van der Waals surface area contributed by atoms with Crippen molar-refractivity contribution in [3.05, 3.63) is 52.5 Å². The van der Waals surface area contributed by atoms with E-state index in [0.29, 0.717) is 17.9 Å². The fourth-order valence-corrected chi connectivity index (χ4v) is 2.84. The van der Waals surface area contributed by atoms with Crippen molar-refractivity contribution in [2.45, 2.75) is 39.0 Å². The minimum absolute atomic E-state index is 0.0912. The number of aromatic nitrogens is 3. The van der Waals surface area contributed by atoms with Crippen molar-refractivity contribution in [3.8, 4) is 11.5 Å². The molecule has 0 spiro atoms. The van der Waals surface area contributed by atoms with Gasteiger partial charge in [-0.1, -0.05) is 6.92 Å². The first-order valence-corrected chi connectivity index (χ1v) is 9.41. The predicted octanol–water partition coefficient (Wildman–Crippen LogP) is 2.43. The summed E-state index contributed by atoms with van der Waals surface area (Å²) >= 11 is 0. The summed E-state index contributed by atoms with van der Waals surface area (Å²) in [4.78, 5) is 21.5. The molecule has 0 aliphatic rings. The number of hydrogen-bond acceptors (Lipinski definition) is 7. The summed E-state index contributed by atoms with van der Waals surface area (Å²) in [6.45, 7) is 3.18. The van der Waals surface area contributed by atoms with Crippen LogP contribution < -0.4 is 15.6 Å². The van der Waals surface area contributed by atoms with Gasteiger partial charge in [-0.25, -0.2) is 13.8 Å². The Bertz CT molecular complexity index is 1100. The molecular weight excluding hydrogens is 398 g/mol. The van der Waals surface area contributed by atoms with Crippen LogP contribution in [0.5, 0.6) is 11.5 Å². The quantitative estimate of drug-likeness (QED) is 0.513. The van der Waals surface area contributed by atoms with Crippen molar-refractivity contribution in [1.82, 2.24) is 14.5 Å². The van der Waals surface area contributed by atoms with Gasteiger partial charge in [0.2, 0.25) is 5.95 Å². The van der Waals surface area contributed by atoms with Crippen molar-refractivity contribution in [2.24, 2.45) is 0 Å². The van der Waals surface area contributed by atoms with Crippen LogP contribution in [0.1, 0.15) is 20.3 Å². The van der Waals surface area contributed by atoms with Crippen molar-refractivity contribution in [1.29, 1.82) is 0 Å². The van der Waals surface area contributed by atoms with Gasteiger partial charge in [0.05, 0.1) is 25.3 Å². The maximum absolute atomic E-state index is 14.0. The van der Waals surface area contributed by atoms with E-state index in [1.165, 1.54) is 23.8 Å². The molecule has 0 unspecified atom stereocenters. The number of fused-ring (bicyclic) bond motifs is 1. The van der Waals surface area contributed by atoms with Crippen LogP contribution >= 0.6 is 0 Å². The molecule has 0 bridgehead atoms. The third kappa shape index (κ3) is 4.71. The topological polar surface area (TPSA) is 110 Å². The van der Waals surface area contributed by atoms with Crippen LogP contribution in [0.2, 0.25) is 0 Å². The second kappa shape index (κ2) is 9.14. The molecule has 0 aliphatic heterocycles. The summed E-state index contributed by atoms with van der Waals surface area (Å²) in [5.74, 6) is -2.06. The van der Waals surface area contributed by atoms with E-state index in [-0.39, 0.29) is 42.3 Å². The summed E-state index contributed by atoms with van der Waals surface area (Å²) in [5.41, 5.74) is -0.413. The lowest BCUT2D eigenvalue weighted by Crippen LogP contribution is -2.28. The van der Waals surface area contributed by atoms with Gasteiger partial charge in [-0.15, -0.1) is 0 Å². The predicted molar refractivity (Wildman–Crippen MR) is 107 cm³/mol. The maximum Gasteiger partial charge on any atom is 0.295 e. The number of nitrogens with one attached hydrogen (secondary N) is 1. The highest BCUT2D eigenvalue weighted by atomic mass is 19.1. The van der Waals surface area contributed by atoms with Crippen LogP contribution in [-0.4, -0.2) is 43.5 Å². The Kier molecular flexibility index (Phi) is 6.58. The summed E-state index contributed by atoms with van der Waals surface area (Å²) in [7, 11) is 0. The molecule has 0 radical (unpaired) electrons. The number of aliphatic hydroxyl groups is 2. The van der Waals surface area contributed by atoms with Crippen LogP contribution in [0.4, 0.5) is 14.7 Å². The first-order chi connectivity index (χ1) is 14.3. The third-order valence-electron chi connectivity index (χ3n) is 4.40. The Morgan fingerprint density at radius 2 is 2.03 bits per heavy atom. The molecule has 0 fully saturated rings. The number of benzene rings is 1. The van der Waals surface area contributed by atoms with Crippen LogP contribution in [0.3, 0.4) is 0 Å². The zero-order chi connectivity index (χ0) is 21.8. The Balaban J connectivity index is 2.09. The van der Waals surface area contributed by atoms with E-state index in [1.807, 2.05) is 6.92 Å². The molecule has 3 aromatic rings. The standard InChI is InChI=1S/C20H22F2N4O4/c1-3-14(10-27)24-20-23-8-12-6-17(30-16-5-4-13(21)7-15(16)22)19(29)26(9-11(2)28)18(12)25-20/h4-8,11,14,27-28H,3,9-10H2,1-2H3,(H,23,24,25)/t11-,14-/m0/s1. The van der Waals surface area contributed by atoms with Gasteiger partial charge in [-0.3, -0.25) is 9.36 Å². The molecule has 0 saturated carbocycles. The molecule has 0 aliphatic carbocycles. The molecule has 30 heavy (non-hydrogen) atoms. The van der Waals surface area contributed by atoms with E-state index in [1.54, 1.807) is 0 Å². The highest BCUT2D eigenvalue weighted by Gasteiger charge is 2.17. The SMILES string of the molecule is CC[C@@H](CO)Nc1ncc2cc(Oc3ccc(F)cc3F)c(=O)n(C[C@H](C)O)c2n1. The van der Waals surface area contributed by atoms with E-state index in [4.69, 9.17) is 4.74 Å².